The second-order valence-electron chi connectivity index (χ2n) is 7.54. The van der Waals surface area contributed by atoms with E-state index >= 15 is 0 Å². The highest BCUT2D eigenvalue weighted by molar-refractivity contribution is 8.13. The predicted molar refractivity (Wildman–Crippen MR) is 129 cm³/mol. The average Bonchev–Trinajstić information content (AvgIpc) is 3.31. The molecule has 172 valence electrons. The van der Waals surface area contributed by atoms with Crippen LogP contribution >= 0.6 is 23.4 Å². The van der Waals surface area contributed by atoms with Crippen LogP contribution in [-0.4, -0.2) is 26.8 Å². The first kappa shape index (κ1) is 22.2. The third kappa shape index (κ3) is 3.95. The van der Waals surface area contributed by atoms with Crippen molar-refractivity contribution in [3.63, 3.8) is 0 Å². The lowest BCUT2D eigenvalue weighted by atomic mass is 10.1. The van der Waals surface area contributed by atoms with Gasteiger partial charge >= 0.3 is 0 Å². The van der Waals surface area contributed by atoms with E-state index < -0.39 is 11.1 Å². The number of nitro groups is 1. The molecule has 1 atom stereocenters. The second kappa shape index (κ2) is 8.96. The summed E-state index contributed by atoms with van der Waals surface area (Å²) in [4.78, 5) is 28.4. The number of thioether (sulfide) groups is 1. The SMILES string of the molecule is CCCSC1=NN2C(=c3ccccc3=N[C@H]2c2ccc(-c3ccc([N+](=O)[O-])cc3Cl)o2)C(=O)N1. The van der Waals surface area contributed by atoms with Crippen LogP contribution in [0.4, 0.5) is 5.69 Å². The minimum atomic E-state index is -0.709. The van der Waals surface area contributed by atoms with Gasteiger partial charge in [-0.2, -0.15) is 0 Å². The molecule has 9 nitrogen and oxygen atoms in total. The number of furan rings is 1. The van der Waals surface area contributed by atoms with E-state index in [2.05, 4.69) is 17.3 Å². The van der Waals surface area contributed by atoms with Crippen LogP contribution in [0, 0.1) is 10.1 Å². The fourth-order valence-corrected chi connectivity index (χ4v) is 4.71. The molecule has 1 aromatic heterocycles. The number of para-hydroxylation sites is 1. The van der Waals surface area contributed by atoms with Crippen molar-refractivity contribution in [3.05, 3.63) is 86.1 Å². The molecule has 0 saturated heterocycles. The number of benzene rings is 2. The number of hydrazone groups is 1. The summed E-state index contributed by atoms with van der Waals surface area (Å²) in [5.74, 6) is 1.43. The molecule has 0 saturated carbocycles. The predicted octanol–water partition coefficient (Wildman–Crippen LogP) is 3.79. The normalized spacial score (nSPS) is 16.8. The topological polar surface area (TPSA) is 113 Å². The monoisotopic (exact) mass is 495 g/mol. The Morgan fingerprint density at radius 1 is 1.24 bits per heavy atom. The lowest BCUT2D eigenvalue weighted by Crippen LogP contribution is -2.50. The van der Waals surface area contributed by atoms with Gasteiger partial charge in [0, 0.05) is 28.7 Å². The maximum Gasteiger partial charge on any atom is 0.276 e. The summed E-state index contributed by atoms with van der Waals surface area (Å²) >= 11 is 7.75. The van der Waals surface area contributed by atoms with Crippen molar-refractivity contribution < 1.29 is 14.1 Å². The second-order valence-corrected chi connectivity index (χ2v) is 9.03. The molecule has 11 heteroatoms. The molecule has 2 aromatic carbocycles. The molecule has 5 rings (SSSR count). The van der Waals surface area contributed by atoms with Crippen molar-refractivity contribution >= 4 is 45.8 Å². The molecule has 3 aromatic rings. The first-order chi connectivity index (χ1) is 16.5. The zero-order chi connectivity index (χ0) is 23.8. The van der Waals surface area contributed by atoms with E-state index in [-0.39, 0.29) is 16.6 Å². The summed E-state index contributed by atoms with van der Waals surface area (Å²) in [7, 11) is 0. The smallest absolute Gasteiger partial charge is 0.276 e. The van der Waals surface area contributed by atoms with E-state index in [1.165, 1.54) is 23.9 Å². The van der Waals surface area contributed by atoms with Gasteiger partial charge in [-0.25, -0.2) is 10.0 Å². The quantitative estimate of drug-likeness (QED) is 0.425. The van der Waals surface area contributed by atoms with E-state index in [1.807, 2.05) is 24.3 Å². The van der Waals surface area contributed by atoms with Crippen LogP contribution in [0.2, 0.25) is 5.02 Å². The molecule has 34 heavy (non-hydrogen) atoms. The van der Waals surface area contributed by atoms with Crippen LogP contribution in [0.25, 0.3) is 17.0 Å². The van der Waals surface area contributed by atoms with Crippen LogP contribution in [-0.2, 0) is 4.79 Å². The Balaban J connectivity index is 1.59. The van der Waals surface area contributed by atoms with Crippen LogP contribution in [0.3, 0.4) is 0 Å². The first-order valence-corrected chi connectivity index (χ1v) is 11.9. The van der Waals surface area contributed by atoms with E-state index in [0.29, 0.717) is 38.5 Å². The summed E-state index contributed by atoms with van der Waals surface area (Å²) in [5.41, 5.74) is 0.796. The molecule has 1 N–H and O–H groups in total. The van der Waals surface area contributed by atoms with Gasteiger partial charge in [-0.1, -0.05) is 48.5 Å². The molecule has 0 bridgehead atoms. The fraction of sp³-hybridized carbons (Fsp3) is 0.174. The van der Waals surface area contributed by atoms with E-state index in [4.69, 9.17) is 21.0 Å². The molecular formula is C23H18ClN5O4S. The number of nitrogens with one attached hydrogen (secondary N) is 1. The number of nitro benzene ring substituents is 1. The maximum atomic E-state index is 13.1. The number of nitrogens with zero attached hydrogens (tertiary/aromatic N) is 4. The number of halogens is 1. The molecule has 0 spiro atoms. The van der Waals surface area contributed by atoms with Crippen LogP contribution in [0.15, 0.2) is 69.1 Å². The Morgan fingerprint density at radius 2 is 2.06 bits per heavy atom. The number of amidine groups is 1. The maximum absolute atomic E-state index is 13.1. The summed E-state index contributed by atoms with van der Waals surface area (Å²) in [6.45, 7) is 2.05. The lowest BCUT2D eigenvalue weighted by Gasteiger charge is -2.32. The van der Waals surface area contributed by atoms with Crippen molar-refractivity contribution in [1.29, 1.82) is 0 Å². The van der Waals surface area contributed by atoms with Gasteiger partial charge in [0.25, 0.3) is 11.6 Å². The number of carbonyl (C=O) groups excluding carboxylic acids is 1. The van der Waals surface area contributed by atoms with Gasteiger partial charge in [0.05, 0.1) is 15.3 Å². The highest BCUT2D eigenvalue weighted by Gasteiger charge is 2.36. The van der Waals surface area contributed by atoms with Gasteiger partial charge in [0.1, 0.15) is 11.5 Å². The number of non-ortho nitro benzene ring substituents is 1. The molecule has 3 heterocycles. The Labute approximate surface area is 203 Å². The number of carbonyl (C=O) groups is 1. The van der Waals surface area contributed by atoms with Gasteiger partial charge in [-0.3, -0.25) is 20.2 Å². The molecule has 0 radical (unpaired) electrons. The molecule has 1 amide bonds. The first-order valence-electron chi connectivity index (χ1n) is 10.5. The van der Waals surface area contributed by atoms with Gasteiger partial charge in [-0.15, -0.1) is 5.10 Å². The standard InChI is InChI=1S/C23H18ClN5O4S/c1-2-11-34-23-26-22(30)20-15-5-3-4-6-17(15)25-21(28(20)27-23)19-10-9-18(33-19)14-8-7-13(29(31)32)12-16(14)24/h3-10,12,21H,2,11H2,1H3,(H,26,27,30)/t21-/m1/s1. The molecule has 0 unspecified atom stereocenters. The van der Waals surface area contributed by atoms with Crippen molar-refractivity contribution in [1.82, 2.24) is 10.3 Å². The summed E-state index contributed by atoms with van der Waals surface area (Å²) in [6.07, 6.45) is 0.225. The number of hydrogen-bond donors (Lipinski definition) is 1. The highest BCUT2D eigenvalue weighted by atomic mass is 35.5. The van der Waals surface area contributed by atoms with E-state index in [9.17, 15) is 14.9 Å². The van der Waals surface area contributed by atoms with Crippen LogP contribution in [0.5, 0.6) is 0 Å². The summed E-state index contributed by atoms with van der Waals surface area (Å²) in [6, 6.07) is 15.0. The molecular weight excluding hydrogens is 478 g/mol. The summed E-state index contributed by atoms with van der Waals surface area (Å²) in [5, 5.41) is 22.2. The number of rotatable bonds is 5. The largest absolute Gasteiger partial charge is 0.457 e. The van der Waals surface area contributed by atoms with Gasteiger partial charge in [-0.05, 0) is 30.7 Å². The highest BCUT2D eigenvalue weighted by Crippen LogP contribution is 2.37. The zero-order valence-corrected chi connectivity index (χ0v) is 19.5. The Bertz CT molecular complexity index is 1470. The molecule has 2 aliphatic rings. The molecule has 0 fully saturated rings. The van der Waals surface area contributed by atoms with E-state index in [0.717, 1.165) is 12.2 Å². The van der Waals surface area contributed by atoms with E-state index in [1.54, 1.807) is 23.2 Å². The minimum Gasteiger partial charge on any atom is -0.457 e. The van der Waals surface area contributed by atoms with Gasteiger partial charge in [0.2, 0.25) is 6.17 Å². The van der Waals surface area contributed by atoms with Gasteiger partial charge < -0.3 is 4.42 Å². The summed E-state index contributed by atoms with van der Waals surface area (Å²) < 4.78 is 6.10. The zero-order valence-electron chi connectivity index (χ0n) is 17.9. The van der Waals surface area contributed by atoms with Crippen LogP contribution in [0.1, 0.15) is 25.3 Å². The van der Waals surface area contributed by atoms with Crippen molar-refractivity contribution in [2.24, 2.45) is 10.1 Å². The molecule has 0 aliphatic carbocycles. The Hall–Kier alpha value is -3.63. The van der Waals surface area contributed by atoms with Crippen molar-refractivity contribution in [2.75, 3.05) is 5.75 Å². The Kier molecular flexibility index (Phi) is 5.84. The van der Waals surface area contributed by atoms with Crippen LogP contribution < -0.4 is 15.9 Å². The number of fused-ring (bicyclic) bond motifs is 2. The van der Waals surface area contributed by atoms with Gasteiger partial charge in [0.15, 0.2) is 10.9 Å². The number of hydrogen-bond acceptors (Lipinski definition) is 8. The Morgan fingerprint density at radius 3 is 2.82 bits per heavy atom. The number of amides is 1. The third-order valence-electron chi connectivity index (χ3n) is 5.27. The average molecular weight is 496 g/mol. The van der Waals surface area contributed by atoms with Crippen molar-refractivity contribution in [2.45, 2.75) is 19.5 Å². The third-order valence-corrected chi connectivity index (χ3v) is 6.65. The lowest BCUT2D eigenvalue weighted by molar-refractivity contribution is -0.384. The minimum absolute atomic E-state index is 0.107. The molecule has 2 aliphatic heterocycles. The fourth-order valence-electron chi connectivity index (χ4n) is 3.73. The van der Waals surface area contributed by atoms with Crippen molar-refractivity contribution in [3.8, 4) is 11.3 Å².